The van der Waals surface area contributed by atoms with Gasteiger partial charge in [-0.15, -0.1) is 0 Å². The number of sulfonamides is 1. The van der Waals surface area contributed by atoms with Crippen molar-refractivity contribution in [3.63, 3.8) is 0 Å². The number of carbonyl (C=O) groups is 1. The molecular formula is C25H32N4O5S2. The maximum Gasteiger partial charge on any atom is 0.241 e. The van der Waals surface area contributed by atoms with E-state index < -0.39 is 25.4 Å². The van der Waals surface area contributed by atoms with Crippen LogP contribution in [0.2, 0.25) is 0 Å². The predicted octanol–water partition coefficient (Wildman–Crippen LogP) is 1.56. The van der Waals surface area contributed by atoms with E-state index in [9.17, 15) is 26.9 Å². The number of rotatable bonds is 7. The predicted molar refractivity (Wildman–Crippen MR) is 131 cm³/mol. The highest BCUT2D eigenvalue weighted by Gasteiger charge is 2.78. The molecule has 9 nitrogen and oxygen atoms in total. The van der Waals surface area contributed by atoms with Crippen LogP contribution in [0.4, 0.5) is 0 Å². The van der Waals surface area contributed by atoms with Crippen LogP contribution in [0.5, 0.6) is 0 Å². The highest BCUT2D eigenvalue weighted by atomic mass is 32.2. The maximum absolute atomic E-state index is 13.4. The molecule has 3 bridgehead atoms. The van der Waals surface area contributed by atoms with Gasteiger partial charge in [-0.05, 0) is 92.9 Å². The summed E-state index contributed by atoms with van der Waals surface area (Å²) in [6.07, 6.45) is 8.04. The van der Waals surface area contributed by atoms with Gasteiger partial charge in [-0.25, -0.2) is 21.6 Å². The minimum Gasteiger partial charge on any atom is -0.326 e. The molecule has 0 radical (unpaired) electrons. The molecule has 6 atom stereocenters. The highest BCUT2D eigenvalue weighted by Crippen LogP contribution is 2.78. The second kappa shape index (κ2) is 7.76. The van der Waals surface area contributed by atoms with Crippen LogP contribution in [0.15, 0.2) is 34.1 Å². The molecule has 5 aliphatic rings. The zero-order chi connectivity index (χ0) is 25.6. The van der Waals surface area contributed by atoms with Crippen LogP contribution in [0.25, 0.3) is 0 Å². The number of sulfone groups is 1. The van der Waals surface area contributed by atoms with E-state index in [2.05, 4.69) is 16.1 Å². The lowest BCUT2D eigenvalue weighted by Crippen LogP contribution is -2.67. The van der Waals surface area contributed by atoms with E-state index in [4.69, 9.17) is 0 Å². The van der Waals surface area contributed by atoms with E-state index in [1.165, 1.54) is 24.3 Å². The van der Waals surface area contributed by atoms with Gasteiger partial charge in [0.15, 0.2) is 9.84 Å². The molecule has 2 N–H and O–H groups in total. The minimum atomic E-state index is -3.82. The Bertz CT molecular complexity index is 1370. The fourth-order valence-electron chi connectivity index (χ4n) is 8.60. The Morgan fingerprint density at radius 2 is 1.81 bits per heavy atom. The largest absolute Gasteiger partial charge is 0.326 e. The van der Waals surface area contributed by atoms with Crippen LogP contribution in [-0.4, -0.2) is 64.1 Å². The van der Waals surface area contributed by atoms with Gasteiger partial charge >= 0.3 is 0 Å². The Balaban J connectivity index is 1.19. The van der Waals surface area contributed by atoms with Crippen LogP contribution in [0.3, 0.4) is 0 Å². The van der Waals surface area contributed by atoms with E-state index in [0.717, 1.165) is 57.6 Å². The van der Waals surface area contributed by atoms with E-state index in [-0.39, 0.29) is 39.2 Å². The third-order valence-corrected chi connectivity index (χ3v) is 12.5. The fourth-order valence-corrected chi connectivity index (χ4v) is 10.7. The van der Waals surface area contributed by atoms with E-state index >= 15 is 0 Å². The summed E-state index contributed by atoms with van der Waals surface area (Å²) in [5.41, 5.74) is -0.748. The van der Waals surface area contributed by atoms with Gasteiger partial charge in [-0.1, -0.05) is 0 Å². The lowest BCUT2D eigenvalue weighted by molar-refractivity contribution is -0.130. The Kier molecular flexibility index (Phi) is 5.25. The molecule has 1 aromatic carbocycles. The highest BCUT2D eigenvalue weighted by molar-refractivity contribution is 7.90. The molecule has 4 aliphatic carbocycles. The van der Waals surface area contributed by atoms with Gasteiger partial charge in [-0.2, -0.15) is 5.26 Å². The summed E-state index contributed by atoms with van der Waals surface area (Å²) in [5.74, 6) is 0.789. The average molecular weight is 533 g/mol. The lowest BCUT2D eigenvalue weighted by atomic mass is 9.51. The Morgan fingerprint density at radius 3 is 2.50 bits per heavy atom. The first-order valence-corrected chi connectivity index (χ1v) is 16.1. The maximum atomic E-state index is 13.4. The molecule has 11 heteroatoms. The number of hydrogen-bond acceptors (Lipinski definition) is 7. The van der Waals surface area contributed by atoms with Crippen molar-refractivity contribution in [2.75, 3.05) is 19.3 Å². The van der Waals surface area contributed by atoms with Crippen molar-refractivity contribution in [1.82, 2.24) is 14.9 Å². The van der Waals surface area contributed by atoms with Crippen molar-refractivity contribution in [3.05, 3.63) is 24.3 Å². The van der Waals surface area contributed by atoms with Crippen LogP contribution in [0, 0.1) is 28.6 Å². The molecule has 6 unspecified atom stereocenters. The molecule has 4 saturated carbocycles. The summed E-state index contributed by atoms with van der Waals surface area (Å²) < 4.78 is 53.4. The molecular weight excluding hydrogens is 500 g/mol. The van der Waals surface area contributed by atoms with Gasteiger partial charge in [0.2, 0.25) is 15.9 Å². The smallest absolute Gasteiger partial charge is 0.241 e. The van der Waals surface area contributed by atoms with Crippen molar-refractivity contribution in [1.29, 1.82) is 5.26 Å². The topological polar surface area (TPSA) is 136 Å². The summed E-state index contributed by atoms with van der Waals surface area (Å²) >= 11 is 0. The van der Waals surface area contributed by atoms with Crippen molar-refractivity contribution in [2.24, 2.45) is 17.3 Å². The number of amides is 1. The number of hydrogen-bond donors (Lipinski definition) is 2. The number of fused-ring (bicyclic) bond motifs is 2. The first-order valence-electron chi connectivity index (χ1n) is 12.7. The molecule has 1 aromatic rings. The quantitative estimate of drug-likeness (QED) is 0.544. The zero-order valence-corrected chi connectivity index (χ0v) is 22.0. The number of benzene rings is 1. The summed E-state index contributed by atoms with van der Waals surface area (Å²) in [4.78, 5) is 14.7. The number of nitrogens with zero attached hydrogens (tertiary/aromatic N) is 2. The van der Waals surface area contributed by atoms with Crippen molar-refractivity contribution >= 4 is 25.8 Å². The Morgan fingerprint density at radius 1 is 1.08 bits per heavy atom. The third-order valence-electron chi connectivity index (χ3n) is 9.82. The second-order valence-electron chi connectivity index (χ2n) is 11.9. The molecule has 1 aliphatic heterocycles. The standard InChI is InChI=1S/C25H32N4O5S2/c1-35(31,32)20-4-6-21(7-5-20)36(33,34)28-25-11-17-9-23(12-18(13-25)24(25,10-17)16-23)27-15-22(30)29-8-2-3-19(29)14-26/h4-7,17-19,27-28H,2-3,8-13,15-16H2,1H3. The lowest BCUT2D eigenvalue weighted by Gasteiger charge is -2.58. The monoisotopic (exact) mass is 532 g/mol. The summed E-state index contributed by atoms with van der Waals surface area (Å²) in [6, 6.07) is 7.32. The van der Waals surface area contributed by atoms with Crippen LogP contribution in [0.1, 0.15) is 51.4 Å². The first-order chi connectivity index (χ1) is 16.9. The van der Waals surface area contributed by atoms with E-state index in [0.29, 0.717) is 18.4 Å². The Hall–Kier alpha value is -2.00. The van der Waals surface area contributed by atoms with E-state index in [1.54, 1.807) is 4.90 Å². The van der Waals surface area contributed by atoms with Crippen LogP contribution >= 0.6 is 0 Å². The molecule has 194 valence electrons. The van der Waals surface area contributed by atoms with Gasteiger partial charge < -0.3 is 10.2 Å². The average Bonchev–Trinajstić information content (AvgIpc) is 3.41. The molecule has 36 heavy (non-hydrogen) atoms. The van der Waals surface area contributed by atoms with Crippen LogP contribution in [-0.2, 0) is 24.7 Å². The number of carbonyl (C=O) groups excluding carboxylic acids is 1. The van der Waals surface area contributed by atoms with Crippen LogP contribution < -0.4 is 10.0 Å². The SMILES string of the molecule is CS(=O)(=O)c1ccc(S(=O)(=O)NC23CC4CC5(NCC(=O)N6CCCC6C#N)CC(C2)C3(C4)C5)cc1. The molecule has 1 heterocycles. The van der Waals surface area contributed by atoms with Gasteiger partial charge in [0, 0.05) is 23.9 Å². The molecule has 0 aromatic heterocycles. The van der Waals surface area contributed by atoms with Gasteiger partial charge in [0.25, 0.3) is 0 Å². The zero-order valence-electron chi connectivity index (χ0n) is 20.4. The van der Waals surface area contributed by atoms with Crippen molar-refractivity contribution < 1.29 is 21.6 Å². The minimum absolute atomic E-state index is 0.0207. The molecule has 1 spiro atoms. The molecule has 6 rings (SSSR count). The number of nitrogens with one attached hydrogen (secondary N) is 2. The van der Waals surface area contributed by atoms with E-state index in [1.807, 2.05) is 0 Å². The van der Waals surface area contributed by atoms with Gasteiger partial charge in [-0.3, -0.25) is 4.79 Å². The molecule has 5 fully saturated rings. The fraction of sp³-hybridized carbons (Fsp3) is 0.680. The van der Waals surface area contributed by atoms with Gasteiger partial charge in [0.05, 0.1) is 22.4 Å². The first kappa shape index (κ1) is 24.3. The third kappa shape index (κ3) is 3.48. The molecule has 1 saturated heterocycles. The Labute approximate surface area is 212 Å². The number of likely N-dealkylation sites (tertiary alicyclic amines) is 1. The normalized spacial score (nSPS) is 38.6. The summed E-state index contributed by atoms with van der Waals surface area (Å²) in [6.45, 7) is 0.857. The van der Waals surface area contributed by atoms with Crippen molar-refractivity contribution in [3.8, 4) is 6.07 Å². The molecule has 1 amide bonds. The second-order valence-corrected chi connectivity index (χ2v) is 15.6. The van der Waals surface area contributed by atoms with Gasteiger partial charge in [0.1, 0.15) is 6.04 Å². The summed E-state index contributed by atoms with van der Waals surface area (Å²) in [5, 5.41) is 12.9. The number of nitriles is 1. The summed E-state index contributed by atoms with van der Waals surface area (Å²) in [7, 11) is -7.22. The van der Waals surface area contributed by atoms with Crippen molar-refractivity contribution in [2.45, 2.75) is 78.3 Å².